The van der Waals surface area contributed by atoms with E-state index in [4.69, 9.17) is 0 Å². The zero-order valence-corrected chi connectivity index (χ0v) is 19.5. The molecule has 1 atom stereocenters. The van der Waals surface area contributed by atoms with E-state index in [2.05, 4.69) is 76.6 Å². The molecule has 2 aromatic rings. The molecule has 0 nitrogen and oxygen atoms in total. The molecule has 1 unspecified atom stereocenters. The van der Waals surface area contributed by atoms with Crippen molar-refractivity contribution in [2.45, 2.75) is 16.6 Å². The van der Waals surface area contributed by atoms with Gasteiger partial charge in [0.1, 0.15) is 0 Å². The summed E-state index contributed by atoms with van der Waals surface area (Å²) in [6.07, 6.45) is 10.5. The van der Waals surface area contributed by atoms with Crippen molar-refractivity contribution in [2.24, 2.45) is 0 Å². The molecule has 0 N–H and O–H groups in total. The topological polar surface area (TPSA) is 0 Å². The van der Waals surface area contributed by atoms with Gasteiger partial charge >= 0.3 is 161 Å². The van der Waals surface area contributed by atoms with E-state index in [1.165, 1.54) is 38.1 Å². The third-order valence-electron chi connectivity index (χ3n) is 4.57. The molecule has 5 heteroatoms. The first-order valence-corrected chi connectivity index (χ1v) is 11.9. The first kappa shape index (κ1) is 19.7. The van der Waals surface area contributed by atoms with Crippen LogP contribution in [0.1, 0.15) is 28.4 Å². The molecule has 1 aliphatic heterocycles. The quantitative estimate of drug-likeness (QED) is 0.518. The zero-order chi connectivity index (χ0) is 15.4. The Morgan fingerprint density at radius 1 is 1.12 bits per heavy atom. The Bertz CT molecular complexity index is 933. The Balaban J connectivity index is 0.000000911. The minimum atomic E-state index is -0.648. The second-order valence-electron chi connectivity index (χ2n) is 6.00. The van der Waals surface area contributed by atoms with Gasteiger partial charge in [-0.3, -0.25) is 0 Å². The summed E-state index contributed by atoms with van der Waals surface area (Å²) in [5, 5.41) is 0.504. The fourth-order valence-electron chi connectivity index (χ4n) is 3.50. The van der Waals surface area contributed by atoms with E-state index in [0.717, 1.165) is 0 Å². The third-order valence-corrected chi connectivity index (χ3v) is 9.85. The van der Waals surface area contributed by atoms with Gasteiger partial charge in [-0.1, -0.05) is 0 Å². The van der Waals surface area contributed by atoms with Crippen LogP contribution >= 0.6 is 27.7 Å². The summed E-state index contributed by atoms with van der Waals surface area (Å²) in [6.45, 7) is 0. The van der Waals surface area contributed by atoms with Crippen LogP contribution < -0.4 is 28.1 Å². The average Bonchev–Trinajstić information content (AvgIpc) is 3.24. The van der Waals surface area contributed by atoms with Gasteiger partial charge in [0.25, 0.3) is 0 Å². The Kier molecular flexibility index (Phi) is 6.23. The molecule has 0 saturated heterocycles. The molecule has 1 heterocycles. The fourth-order valence-corrected chi connectivity index (χ4v) is 8.35. The first-order chi connectivity index (χ1) is 11.3. The maximum Gasteiger partial charge on any atom is -1.00 e. The van der Waals surface area contributed by atoms with E-state index in [0.29, 0.717) is 5.25 Å². The van der Waals surface area contributed by atoms with Crippen LogP contribution in [0.25, 0.3) is 11.6 Å². The molecule has 0 spiro atoms. The molecule has 124 valence electrons. The Morgan fingerprint density at radius 3 is 2.80 bits per heavy atom. The monoisotopic (exact) mass is 524 g/mol. The minimum Gasteiger partial charge on any atom is -1.00 e. The van der Waals surface area contributed by atoms with Crippen LogP contribution in [0.2, 0.25) is 0 Å². The summed E-state index contributed by atoms with van der Waals surface area (Å²) < 4.78 is 4.50. The molecule has 2 aromatic carbocycles. The molecule has 0 saturated carbocycles. The van der Waals surface area contributed by atoms with E-state index in [-0.39, 0.29) is 24.8 Å². The van der Waals surface area contributed by atoms with Crippen molar-refractivity contribution < 1.29 is 48.0 Å². The normalized spacial score (nSPS) is 18.2. The van der Waals surface area contributed by atoms with Crippen LogP contribution in [0.3, 0.4) is 0 Å². The maximum atomic E-state index is 3.63. The summed E-state index contributed by atoms with van der Waals surface area (Å²) in [6, 6.07) is 13.7. The second-order valence-corrected chi connectivity index (χ2v) is 11.6. The van der Waals surface area contributed by atoms with Crippen molar-refractivity contribution in [3.05, 3.63) is 79.1 Å². The summed E-state index contributed by atoms with van der Waals surface area (Å²) in [5.41, 5.74) is 5.99. The molecule has 2 aliphatic carbocycles. The molecule has 0 fully saturated rings. The predicted octanol–water partition coefficient (Wildman–Crippen LogP) is -0.290. The Morgan fingerprint density at radius 2 is 2.00 bits per heavy atom. The van der Waals surface area contributed by atoms with Gasteiger partial charge in [-0.2, -0.15) is 0 Å². The van der Waals surface area contributed by atoms with E-state index in [9.17, 15) is 0 Å². The van der Waals surface area contributed by atoms with Crippen LogP contribution in [0, 0.1) is 0 Å². The van der Waals surface area contributed by atoms with Gasteiger partial charge in [-0.25, -0.2) is 0 Å². The predicted molar refractivity (Wildman–Crippen MR) is 98.5 cm³/mol. The van der Waals surface area contributed by atoms with Gasteiger partial charge in [0, 0.05) is 0 Å². The van der Waals surface area contributed by atoms with Gasteiger partial charge in [0.15, 0.2) is 0 Å². The molecule has 5 rings (SSSR count). The van der Waals surface area contributed by atoms with Crippen molar-refractivity contribution in [3.8, 4) is 0 Å². The first-order valence-electron chi connectivity index (χ1n) is 7.73. The largest absolute Gasteiger partial charge is 1.00 e. The zero-order valence-electron chi connectivity index (χ0n) is 13.1. The van der Waals surface area contributed by atoms with Crippen molar-refractivity contribution in [1.29, 1.82) is 0 Å². The molecule has 0 radical (unpaired) electrons. The second kappa shape index (κ2) is 7.91. The number of fused-ring (bicyclic) bond motifs is 5. The van der Waals surface area contributed by atoms with Crippen LogP contribution in [-0.4, -0.2) is 0 Å². The molecule has 25 heavy (non-hydrogen) atoms. The average molecular weight is 527 g/mol. The Hall–Kier alpha value is -0.0469. The number of halogens is 3. The molecule has 0 aromatic heterocycles. The number of hydrogen-bond acceptors (Lipinski definition) is 1. The number of thioether (sulfide) groups is 1. The number of benzene rings is 2. The molecule has 0 amide bonds. The SMILES string of the molecule is Brc1ccc2c(c1)C1=Cc3[c]([Zr+2][C]4=CC=CC4)cccc3C1S2.[Cl-].[Cl-]. The van der Waals surface area contributed by atoms with Crippen molar-refractivity contribution >= 4 is 42.6 Å². The van der Waals surface area contributed by atoms with Gasteiger partial charge in [0.05, 0.1) is 0 Å². The van der Waals surface area contributed by atoms with E-state index in [1.54, 1.807) is 6.55 Å². The van der Waals surface area contributed by atoms with E-state index in [1.807, 2.05) is 11.8 Å². The fraction of sp³-hybridized carbons (Fsp3) is 0.100. The summed E-state index contributed by atoms with van der Waals surface area (Å²) in [5.74, 6) is 0. The van der Waals surface area contributed by atoms with Crippen molar-refractivity contribution in [2.75, 3.05) is 0 Å². The van der Waals surface area contributed by atoms with Crippen LogP contribution in [0.4, 0.5) is 0 Å². The Labute approximate surface area is 184 Å². The number of allylic oxidation sites excluding steroid dienone is 4. The van der Waals surface area contributed by atoms with Crippen LogP contribution in [0.15, 0.2) is 67.3 Å². The number of hydrogen-bond donors (Lipinski definition) is 0. The maximum absolute atomic E-state index is 3.63. The van der Waals surface area contributed by atoms with Gasteiger partial charge in [-0.05, 0) is 0 Å². The van der Waals surface area contributed by atoms with Crippen molar-refractivity contribution in [3.63, 3.8) is 0 Å². The third kappa shape index (κ3) is 3.44. The molecule has 3 aliphatic rings. The van der Waals surface area contributed by atoms with E-state index >= 15 is 0 Å². The van der Waals surface area contributed by atoms with Gasteiger partial charge < -0.3 is 24.8 Å². The standard InChI is InChI=1S/C15H8BrS.C5H5.2ClH.Zr/c16-10-5-6-14-12(8-10)13-7-9-3-1-2-4-11(9)15(13)17-14;1-2-4-5-3-1;;;/h1-2,4-8,15H;1-3H,4H2;2*1H;/q;;;;+2/p-2. The minimum absolute atomic E-state index is 0. The van der Waals surface area contributed by atoms with E-state index < -0.39 is 23.2 Å². The van der Waals surface area contributed by atoms with Gasteiger partial charge in [-0.15, -0.1) is 0 Å². The van der Waals surface area contributed by atoms with Crippen LogP contribution in [0.5, 0.6) is 0 Å². The summed E-state index contributed by atoms with van der Waals surface area (Å²) in [4.78, 5) is 1.42. The number of rotatable bonds is 2. The smallest absolute Gasteiger partial charge is 1.00 e. The summed E-state index contributed by atoms with van der Waals surface area (Å²) >= 11 is 4.99. The summed E-state index contributed by atoms with van der Waals surface area (Å²) in [7, 11) is 0. The molecular weight excluding hydrogens is 514 g/mol. The van der Waals surface area contributed by atoms with Crippen molar-refractivity contribution in [1.82, 2.24) is 0 Å². The van der Waals surface area contributed by atoms with Crippen LogP contribution in [-0.2, 0) is 23.2 Å². The molecular formula is C20H13BrCl2SZr. The molecule has 0 bridgehead atoms. The van der Waals surface area contributed by atoms with Gasteiger partial charge in [0.2, 0.25) is 0 Å².